The van der Waals surface area contributed by atoms with E-state index < -0.39 is 0 Å². The molecule has 3 aromatic rings. The second kappa shape index (κ2) is 3.78. The molecule has 0 saturated carbocycles. The maximum Gasteiger partial charge on any atom is 0.165 e. The van der Waals surface area contributed by atoms with Gasteiger partial charge in [-0.05, 0) is 26.3 Å². The quantitative estimate of drug-likeness (QED) is 0.728. The van der Waals surface area contributed by atoms with Crippen LogP contribution in [-0.4, -0.2) is 19.7 Å². The van der Waals surface area contributed by atoms with Crippen molar-refractivity contribution in [3.8, 4) is 5.82 Å². The van der Waals surface area contributed by atoms with Crippen molar-refractivity contribution in [2.45, 2.75) is 20.8 Å². The molecule has 2 N–H and O–H groups in total. The van der Waals surface area contributed by atoms with Crippen LogP contribution in [-0.2, 0) is 0 Å². The van der Waals surface area contributed by atoms with Crippen molar-refractivity contribution in [2.24, 2.45) is 0 Å². The molecule has 18 heavy (non-hydrogen) atoms. The summed E-state index contributed by atoms with van der Waals surface area (Å²) in [4.78, 5) is 10.9. The number of hydrogen-bond donors (Lipinski definition) is 1. The molecule has 0 radical (unpaired) electrons. The molecule has 5 nitrogen and oxygen atoms in total. The lowest BCUT2D eigenvalue weighted by molar-refractivity contribution is 0.855. The van der Waals surface area contributed by atoms with Crippen molar-refractivity contribution in [1.82, 2.24) is 19.7 Å². The molecule has 0 atom stereocenters. The fraction of sp³-hybridized carbons (Fsp3) is 0.250. The molecule has 0 bridgehead atoms. The van der Waals surface area contributed by atoms with Crippen LogP contribution in [0.4, 0.5) is 5.82 Å². The summed E-state index contributed by atoms with van der Waals surface area (Å²) in [5, 5.41) is 5.35. The van der Waals surface area contributed by atoms with Crippen molar-refractivity contribution < 1.29 is 0 Å². The van der Waals surface area contributed by atoms with Crippen LogP contribution in [0.15, 0.2) is 12.5 Å². The lowest BCUT2D eigenvalue weighted by Crippen LogP contribution is -2.00. The Kier molecular flexibility index (Phi) is 2.34. The molecule has 6 heteroatoms. The monoisotopic (exact) mass is 259 g/mol. The summed E-state index contributed by atoms with van der Waals surface area (Å²) in [5.41, 5.74) is 7.95. The van der Waals surface area contributed by atoms with Gasteiger partial charge in [-0.1, -0.05) is 0 Å². The number of nitrogen functional groups attached to an aromatic ring is 1. The Hall–Kier alpha value is -1.95. The zero-order valence-electron chi connectivity index (χ0n) is 10.4. The zero-order valence-corrected chi connectivity index (χ0v) is 11.2. The van der Waals surface area contributed by atoms with Gasteiger partial charge in [0.05, 0.1) is 5.39 Å². The normalized spacial score (nSPS) is 11.3. The van der Waals surface area contributed by atoms with Gasteiger partial charge in [0.15, 0.2) is 5.82 Å². The largest absolute Gasteiger partial charge is 0.382 e. The summed E-state index contributed by atoms with van der Waals surface area (Å²) in [6.45, 7) is 6.11. The smallest absolute Gasteiger partial charge is 0.165 e. The summed E-state index contributed by atoms with van der Waals surface area (Å²) in [5.74, 6) is 1.33. The van der Waals surface area contributed by atoms with E-state index in [1.807, 2.05) is 13.1 Å². The highest BCUT2D eigenvalue weighted by Crippen LogP contribution is 2.31. The van der Waals surface area contributed by atoms with Crippen LogP contribution in [0.2, 0.25) is 0 Å². The Balaban J connectivity index is 2.35. The van der Waals surface area contributed by atoms with Crippen LogP contribution in [0, 0.1) is 20.8 Å². The number of rotatable bonds is 1. The number of aromatic nitrogens is 4. The average molecular weight is 259 g/mol. The van der Waals surface area contributed by atoms with Gasteiger partial charge in [-0.15, -0.1) is 16.4 Å². The fourth-order valence-corrected chi connectivity index (χ4v) is 2.91. The Morgan fingerprint density at radius 3 is 2.67 bits per heavy atom. The minimum absolute atomic E-state index is 0.534. The SMILES string of the molecule is Cc1cn(-c2ncnc3sc(C)c(C)c23)nc1N. The van der Waals surface area contributed by atoms with Crippen molar-refractivity contribution in [3.63, 3.8) is 0 Å². The van der Waals surface area contributed by atoms with Crippen molar-refractivity contribution in [2.75, 3.05) is 5.73 Å². The summed E-state index contributed by atoms with van der Waals surface area (Å²) in [6, 6.07) is 0. The Morgan fingerprint density at radius 2 is 2.00 bits per heavy atom. The second-order valence-electron chi connectivity index (χ2n) is 4.30. The Labute approximate surface area is 108 Å². The summed E-state index contributed by atoms with van der Waals surface area (Å²) >= 11 is 1.68. The van der Waals surface area contributed by atoms with Gasteiger partial charge in [-0.3, -0.25) is 0 Å². The highest BCUT2D eigenvalue weighted by molar-refractivity contribution is 7.18. The topological polar surface area (TPSA) is 69.6 Å². The highest BCUT2D eigenvalue weighted by atomic mass is 32.1. The van der Waals surface area contributed by atoms with E-state index in [1.54, 1.807) is 22.3 Å². The van der Waals surface area contributed by atoms with Gasteiger partial charge in [0, 0.05) is 16.6 Å². The number of aryl methyl sites for hydroxylation is 3. The van der Waals surface area contributed by atoms with Crippen LogP contribution >= 0.6 is 11.3 Å². The molecule has 0 spiro atoms. The first-order chi connectivity index (χ1) is 8.58. The highest BCUT2D eigenvalue weighted by Gasteiger charge is 2.14. The third-order valence-corrected chi connectivity index (χ3v) is 4.21. The first-order valence-corrected chi connectivity index (χ1v) is 6.42. The maximum absolute atomic E-state index is 5.79. The summed E-state index contributed by atoms with van der Waals surface area (Å²) in [6.07, 6.45) is 3.46. The van der Waals surface area contributed by atoms with Crippen LogP contribution in [0.5, 0.6) is 0 Å². The molecule has 3 aromatic heterocycles. The van der Waals surface area contributed by atoms with E-state index in [-0.39, 0.29) is 0 Å². The minimum atomic E-state index is 0.534. The zero-order chi connectivity index (χ0) is 12.9. The van der Waals surface area contributed by atoms with E-state index >= 15 is 0 Å². The molecule has 0 unspecified atom stereocenters. The van der Waals surface area contributed by atoms with Crippen LogP contribution in [0.3, 0.4) is 0 Å². The molecule has 0 aliphatic rings. The third-order valence-electron chi connectivity index (χ3n) is 3.10. The predicted octanol–water partition coefficient (Wildman–Crippen LogP) is 2.38. The van der Waals surface area contributed by atoms with Crippen molar-refractivity contribution >= 4 is 27.4 Å². The number of nitrogens with zero attached hydrogens (tertiary/aromatic N) is 4. The van der Waals surface area contributed by atoms with E-state index in [2.05, 4.69) is 28.9 Å². The van der Waals surface area contributed by atoms with Crippen molar-refractivity contribution in [1.29, 1.82) is 0 Å². The molecule has 0 fully saturated rings. The second-order valence-corrected chi connectivity index (χ2v) is 5.51. The molecule has 92 valence electrons. The molecule has 3 rings (SSSR count). The van der Waals surface area contributed by atoms with Crippen LogP contribution in [0.1, 0.15) is 16.0 Å². The lowest BCUT2D eigenvalue weighted by Gasteiger charge is -2.02. The summed E-state index contributed by atoms with van der Waals surface area (Å²) < 4.78 is 1.73. The third kappa shape index (κ3) is 1.49. The number of thiophene rings is 1. The standard InChI is InChI=1S/C12H13N5S/c1-6-4-17(16-10(6)13)11-9-7(2)8(3)18-12(9)15-5-14-11/h4-5H,1-3H3,(H2,13,16). The van der Waals surface area contributed by atoms with E-state index in [9.17, 15) is 0 Å². The number of fused-ring (bicyclic) bond motifs is 1. The number of anilines is 1. The van der Waals surface area contributed by atoms with E-state index in [0.29, 0.717) is 5.82 Å². The van der Waals surface area contributed by atoms with E-state index in [4.69, 9.17) is 5.73 Å². The molecule has 0 saturated heterocycles. The lowest BCUT2D eigenvalue weighted by atomic mass is 10.2. The van der Waals surface area contributed by atoms with Gasteiger partial charge in [0.2, 0.25) is 0 Å². The first kappa shape index (κ1) is 11.2. The number of hydrogen-bond acceptors (Lipinski definition) is 5. The fourth-order valence-electron chi connectivity index (χ4n) is 1.92. The Bertz CT molecular complexity index is 721. The van der Waals surface area contributed by atoms with Crippen LogP contribution in [0.25, 0.3) is 16.0 Å². The summed E-state index contributed by atoms with van der Waals surface area (Å²) in [7, 11) is 0. The number of nitrogens with two attached hydrogens (primary N) is 1. The van der Waals surface area contributed by atoms with Gasteiger partial charge in [-0.25, -0.2) is 14.6 Å². The maximum atomic E-state index is 5.79. The average Bonchev–Trinajstić information content (AvgIpc) is 2.82. The molecule has 0 amide bonds. The minimum Gasteiger partial charge on any atom is -0.382 e. The van der Waals surface area contributed by atoms with Gasteiger partial charge >= 0.3 is 0 Å². The predicted molar refractivity (Wildman–Crippen MR) is 73.2 cm³/mol. The van der Waals surface area contributed by atoms with Crippen molar-refractivity contribution in [3.05, 3.63) is 28.5 Å². The first-order valence-electron chi connectivity index (χ1n) is 5.60. The van der Waals surface area contributed by atoms with E-state index in [0.717, 1.165) is 21.6 Å². The molecular weight excluding hydrogens is 246 g/mol. The molecule has 0 aliphatic carbocycles. The molecular formula is C12H13N5S. The van der Waals surface area contributed by atoms with Gasteiger partial charge in [0.1, 0.15) is 17.0 Å². The molecule has 3 heterocycles. The Morgan fingerprint density at radius 1 is 1.22 bits per heavy atom. The molecule has 0 aliphatic heterocycles. The van der Waals surface area contributed by atoms with Gasteiger partial charge < -0.3 is 5.73 Å². The van der Waals surface area contributed by atoms with Gasteiger partial charge in [-0.2, -0.15) is 0 Å². The van der Waals surface area contributed by atoms with Crippen LogP contribution < -0.4 is 5.73 Å². The van der Waals surface area contributed by atoms with E-state index in [1.165, 1.54) is 10.4 Å². The van der Waals surface area contributed by atoms with Gasteiger partial charge in [0.25, 0.3) is 0 Å². The molecule has 0 aromatic carbocycles.